The van der Waals surface area contributed by atoms with Crippen LogP contribution in [0.15, 0.2) is 9.98 Å². The van der Waals surface area contributed by atoms with Gasteiger partial charge < -0.3 is 14.9 Å². The topological polar surface area (TPSA) is 79.7 Å². The summed E-state index contributed by atoms with van der Waals surface area (Å²) < 4.78 is 5.81. The van der Waals surface area contributed by atoms with Gasteiger partial charge in [0.15, 0.2) is 0 Å². The summed E-state index contributed by atoms with van der Waals surface area (Å²) in [4.78, 5) is 15.8. The molecule has 20 heavy (non-hydrogen) atoms. The van der Waals surface area contributed by atoms with E-state index in [1.165, 1.54) is 11.3 Å². The summed E-state index contributed by atoms with van der Waals surface area (Å²) in [5, 5.41) is 21.4. The van der Waals surface area contributed by atoms with Crippen LogP contribution in [0, 0.1) is 5.92 Å². The number of rotatable bonds is 4. The Hall–Kier alpha value is -0.500. The van der Waals surface area contributed by atoms with Crippen molar-refractivity contribution < 1.29 is 19.7 Å². The molecule has 1 saturated carbocycles. The van der Waals surface area contributed by atoms with Crippen molar-refractivity contribution in [2.24, 2.45) is 5.92 Å². The van der Waals surface area contributed by atoms with Crippen LogP contribution < -0.4 is 0 Å². The zero-order chi connectivity index (χ0) is 14.8. The van der Waals surface area contributed by atoms with Gasteiger partial charge in [-0.05, 0) is 48.5 Å². The molecule has 0 aromatic carbocycles. The molecule has 0 saturated heterocycles. The van der Waals surface area contributed by atoms with Crippen LogP contribution in [-0.2, 0) is 9.53 Å². The lowest BCUT2D eigenvalue weighted by atomic mass is 9.76. The van der Waals surface area contributed by atoms with Gasteiger partial charge in [-0.15, -0.1) is 11.3 Å². The van der Waals surface area contributed by atoms with Gasteiger partial charge in [-0.1, -0.05) is 0 Å². The molecule has 0 bridgehead atoms. The summed E-state index contributed by atoms with van der Waals surface area (Å²) in [6.07, 6.45) is 2.39. The minimum absolute atomic E-state index is 0.176. The summed E-state index contributed by atoms with van der Waals surface area (Å²) in [5.74, 6) is -0.383. The van der Waals surface area contributed by atoms with Crippen LogP contribution in [0.5, 0.6) is 0 Å². The number of ether oxygens (including phenoxy) is 1. The molecule has 1 fully saturated rings. The molecule has 112 valence electrons. The number of esters is 1. The highest BCUT2D eigenvalue weighted by molar-refractivity contribution is 9.11. The average molecular weight is 364 g/mol. The fraction of sp³-hybridized carbons (Fsp3) is 0.692. The van der Waals surface area contributed by atoms with Crippen LogP contribution in [0.4, 0.5) is 0 Å². The average Bonchev–Trinajstić information content (AvgIpc) is 2.85. The third-order valence-electron chi connectivity index (χ3n) is 3.71. The Morgan fingerprint density at radius 3 is 2.80 bits per heavy atom. The molecule has 1 aromatic rings. The first-order chi connectivity index (χ1) is 9.46. The Morgan fingerprint density at radius 1 is 1.65 bits per heavy atom. The van der Waals surface area contributed by atoms with E-state index in [0.717, 1.165) is 3.79 Å². The highest BCUT2D eigenvalue weighted by Crippen LogP contribution is 2.42. The van der Waals surface area contributed by atoms with Crippen molar-refractivity contribution in [1.82, 2.24) is 4.98 Å². The normalized spacial score (nSPS) is 28.1. The van der Waals surface area contributed by atoms with Crippen molar-refractivity contribution in [3.63, 3.8) is 0 Å². The molecule has 1 atom stereocenters. The van der Waals surface area contributed by atoms with Crippen LogP contribution in [-0.4, -0.2) is 33.4 Å². The van der Waals surface area contributed by atoms with Crippen molar-refractivity contribution in [3.05, 3.63) is 15.0 Å². The van der Waals surface area contributed by atoms with Crippen molar-refractivity contribution in [2.75, 3.05) is 6.61 Å². The van der Waals surface area contributed by atoms with Crippen LogP contribution >= 0.6 is 27.3 Å². The van der Waals surface area contributed by atoms with Gasteiger partial charge in [0.05, 0.1) is 28.1 Å². The first kappa shape index (κ1) is 15.9. The monoisotopic (exact) mass is 363 g/mol. The number of carbonyl (C=O) groups is 1. The zero-order valence-corrected chi connectivity index (χ0v) is 13.6. The van der Waals surface area contributed by atoms with E-state index in [9.17, 15) is 15.0 Å². The molecule has 0 spiro atoms. The Kier molecular flexibility index (Phi) is 5.17. The quantitative estimate of drug-likeness (QED) is 0.803. The highest BCUT2D eigenvalue weighted by atomic mass is 79.9. The maximum absolute atomic E-state index is 11.7. The Labute approximate surface area is 130 Å². The van der Waals surface area contributed by atoms with Crippen molar-refractivity contribution in [3.8, 4) is 0 Å². The van der Waals surface area contributed by atoms with E-state index < -0.39 is 11.7 Å². The third-order valence-corrected chi connectivity index (χ3v) is 5.24. The molecule has 2 N–H and O–H groups in total. The second-order valence-electron chi connectivity index (χ2n) is 5.04. The number of halogens is 1. The molecule has 5 nitrogen and oxygen atoms in total. The van der Waals surface area contributed by atoms with Crippen molar-refractivity contribution >= 4 is 33.2 Å². The van der Waals surface area contributed by atoms with Gasteiger partial charge in [0.1, 0.15) is 11.1 Å². The summed E-state index contributed by atoms with van der Waals surface area (Å²) in [6, 6.07) is 0. The molecule has 0 amide bonds. The number of hydrogen-bond acceptors (Lipinski definition) is 6. The molecule has 1 heterocycles. The van der Waals surface area contributed by atoms with E-state index in [1.807, 2.05) is 0 Å². The number of aliphatic hydroxyl groups excluding tert-OH is 1. The number of hydrogen-bond donors (Lipinski definition) is 2. The number of nitrogens with zero attached hydrogens (tertiary/aromatic N) is 1. The lowest BCUT2D eigenvalue weighted by molar-refractivity contribution is -0.154. The van der Waals surface area contributed by atoms with E-state index in [1.54, 1.807) is 13.1 Å². The predicted octanol–water partition coefficient (Wildman–Crippen LogP) is 2.42. The Balaban J connectivity index is 1.99. The lowest BCUT2D eigenvalue weighted by Gasteiger charge is -2.37. The fourth-order valence-corrected chi connectivity index (χ4v) is 3.85. The number of aromatic nitrogens is 1. The van der Waals surface area contributed by atoms with Gasteiger partial charge in [0.2, 0.25) is 0 Å². The molecule has 2 rings (SSSR count). The molecular weight excluding hydrogens is 346 g/mol. The molecule has 0 radical (unpaired) electrons. The molecule has 7 heteroatoms. The summed E-state index contributed by atoms with van der Waals surface area (Å²) in [6.45, 7) is 2.15. The summed E-state index contributed by atoms with van der Waals surface area (Å²) >= 11 is 4.60. The van der Waals surface area contributed by atoms with E-state index in [-0.39, 0.29) is 11.9 Å². The van der Waals surface area contributed by atoms with Crippen LogP contribution in [0.25, 0.3) is 0 Å². The van der Waals surface area contributed by atoms with Gasteiger partial charge in [0, 0.05) is 0 Å². The second-order valence-corrected chi connectivity index (χ2v) is 7.48. The van der Waals surface area contributed by atoms with Gasteiger partial charge in [-0.3, -0.25) is 4.79 Å². The van der Waals surface area contributed by atoms with Crippen LogP contribution in [0.3, 0.4) is 0 Å². The Morgan fingerprint density at radius 2 is 2.30 bits per heavy atom. The van der Waals surface area contributed by atoms with E-state index in [4.69, 9.17) is 4.74 Å². The second kappa shape index (κ2) is 6.51. The maximum Gasteiger partial charge on any atom is 0.308 e. The van der Waals surface area contributed by atoms with Crippen LogP contribution in [0.2, 0.25) is 0 Å². The van der Waals surface area contributed by atoms with E-state index in [2.05, 4.69) is 20.9 Å². The molecule has 0 unspecified atom stereocenters. The first-order valence-electron chi connectivity index (χ1n) is 6.64. The van der Waals surface area contributed by atoms with E-state index in [0.29, 0.717) is 37.3 Å². The largest absolute Gasteiger partial charge is 0.466 e. The van der Waals surface area contributed by atoms with Gasteiger partial charge in [-0.25, -0.2) is 4.98 Å². The van der Waals surface area contributed by atoms with E-state index >= 15 is 0 Å². The molecule has 1 aliphatic rings. The molecule has 1 aromatic heterocycles. The molecule has 1 aliphatic carbocycles. The fourth-order valence-electron chi connectivity index (χ4n) is 2.51. The van der Waals surface area contributed by atoms with Crippen molar-refractivity contribution in [1.29, 1.82) is 0 Å². The minimum atomic E-state index is -1.21. The van der Waals surface area contributed by atoms with Gasteiger partial charge in [-0.2, -0.15) is 0 Å². The van der Waals surface area contributed by atoms with Crippen LogP contribution in [0.1, 0.15) is 43.7 Å². The molecule has 0 aliphatic heterocycles. The van der Waals surface area contributed by atoms with Crippen molar-refractivity contribution in [2.45, 2.75) is 44.3 Å². The van der Waals surface area contributed by atoms with Gasteiger partial charge in [0.25, 0.3) is 0 Å². The maximum atomic E-state index is 11.7. The Bertz CT molecular complexity index is 471. The third kappa shape index (κ3) is 3.39. The zero-order valence-electron chi connectivity index (χ0n) is 11.2. The number of thiazole rings is 1. The smallest absolute Gasteiger partial charge is 0.308 e. The highest BCUT2D eigenvalue weighted by Gasteiger charge is 2.43. The number of aliphatic hydroxyl groups is 2. The minimum Gasteiger partial charge on any atom is -0.466 e. The predicted molar refractivity (Wildman–Crippen MR) is 78.3 cm³/mol. The first-order valence-corrected chi connectivity index (χ1v) is 8.25. The van der Waals surface area contributed by atoms with Gasteiger partial charge >= 0.3 is 5.97 Å². The lowest BCUT2D eigenvalue weighted by Crippen LogP contribution is -2.41. The summed E-state index contributed by atoms with van der Waals surface area (Å²) in [5.41, 5.74) is -1.21. The number of carbonyl (C=O) groups excluding carboxylic acids is 1. The summed E-state index contributed by atoms with van der Waals surface area (Å²) in [7, 11) is 0. The molecular formula is C13H18BrNO4S. The standard InChI is InChI=1S/C13H18BrNO4S/c1-2-19-12(17)8-3-5-13(18,6-4-8)10(16)11-15-7-9(14)20-11/h7-8,10,16,18H,2-6H2,1H3/t8?,10-,13?/m0/s1. The SMILES string of the molecule is CCOC(=O)C1CCC(O)([C@@H](O)c2ncc(Br)s2)CC1.